The van der Waals surface area contributed by atoms with E-state index in [0.29, 0.717) is 10.9 Å². The van der Waals surface area contributed by atoms with E-state index in [1.54, 1.807) is 12.1 Å². The molecule has 0 aliphatic carbocycles. The smallest absolute Gasteiger partial charge is 0.127 e. The zero-order valence-corrected chi connectivity index (χ0v) is 9.94. The summed E-state index contributed by atoms with van der Waals surface area (Å²) in [5.74, 6) is 0.228. The average molecular weight is 230 g/mol. The number of benzene rings is 1. The van der Waals surface area contributed by atoms with Crippen molar-refractivity contribution in [3.05, 3.63) is 34.6 Å². The molecule has 0 aromatic heterocycles. The van der Waals surface area contributed by atoms with Crippen molar-refractivity contribution >= 4 is 11.6 Å². The van der Waals surface area contributed by atoms with Crippen molar-refractivity contribution in [2.75, 3.05) is 13.1 Å². The van der Waals surface area contributed by atoms with E-state index in [1.165, 1.54) is 6.07 Å². The summed E-state index contributed by atoms with van der Waals surface area (Å²) < 4.78 is 13.4. The molecule has 1 atom stereocenters. The Morgan fingerprint density at radius 1 is 1.47 bits per heavy atom. The quantitative estimate of drug-likeness (QED) is 0.817. The molecule has 0 aliphatic rings. The van der Waals surface area contributed by atoms with E-state index in [2.05, 4.69) is 19.2 Å². The summed E-state index contributed by atoms with van der Waals surface area (Å²) in [6.45, 7) is 6.04. The lowest BCUT2D eigenvalue weighted by atomic mass is 10.0. The average Bonchev–Trinajstić information content (AvgIpc) is 2.19. The van der Waals surface area contributed by atoms with Gasteiger partial charge in [-0.05, 0) is 43.1 Å². The Labute approximate surface area is 95.6 Å². The molecule has 0 spiro atoms. The zero-order chi connectivity index (χ0) is 11.3. The molecule has 15 heavy (non-hydrogen) atoms. The zero-order valence-electron chi connectivity index (χ0n) is 9.19. The normalized spacial score (nSPS) is 12.8. The van der Waals surface area contributed by atoms with Crippen molar-refractivity contribution in [2.45, 2.75) is 20.3 Å². The minimum atomic E-state index is -0.203. The molecular weight excluding hydrogens is 213 g/mol. The van der Waals surface area contributed by atoms with Crippen molar-refractivity contribution in [3.63, 3.8) is 0 Å². The van der Waals surface area contributed by atoms with Crippen molar-refractivity contribution in [1.29, 1.82) is 0 Å². The van der Waals surface area contributed by atoms with Crippen LogP contribution in [0.2, 0.25) is 5.02 Å². The van der Waals surface area contributed by atoms with Crippen LogP contribution in [-0.2, 0) is 6.42 Å². The second-order valence-electron chi connectivity index (χ2n) is 3.85. The van der Waals surface area contributed by atoms with Crippen LogP contribution in [-0.4, -0.2) is 13.1 Å². The molecule has 0 bridgehead atoms. The third-order valence-corrected chi connectivity index (χ3v) is 2.56. The topological polar surface area (TPSA) is 12.0 Å². The van der Waals surface area contributed by atoms with Crippen molar-refractivity contribution in [2.24, 2.45) is 5.92 Å². The van der Waals surface area contributed by atoms with Crippen LogP contribution in [0.1, 0.15) is 19.4 Å². The van der Waals surface area contributed by atoms with E-state index < -0.39 is 0 Å². The van der Waals surface area contributed by atoms with E-state index in [0.717, 1.165) is 25.1 Å². The predicted molar refractivity (Wildman–Crippen MR) is 62.8 cm³/mol. The van der Waals surface area contributed by atoms with Gasteiger partial charge in [0.25, 0.3) is 0 Å². The van der Waals surface area contributed by atoms with Crippen LogP contribution in [0.3, 0.4) is 0 Å². The maximum atomic E-state index is 13.4. The van der Waals surface area contributed by atoms with Crippen LogP contribution in [0.4, 0.5) is 4.39 Å². The lowest BCUT2D eigenvalue weighted by molar-refractivity contribution is 0.505. The van der Waals surface area contributed by atoms with E-state index in [1.807, 2.05) is 0 Å². The third kappa shape index (κ3) is 4.18. The number of nitrogens with one attached hydrogen (secondary N) is 1. The fourth-order valence-electron chi connectivity index (χ4n) is 1.53. The van der Waals surface area contributed by atoms with Crippen molar-refractivity contribution in [1.82, 2.24) is 5.32 Å². The number of hydrogen-bond acceptors (Lipinski definition) is 1. The summed E-state index contributed by atoms with van der Waals surface area (Å²) >= 11 is 5.68. The Hall–Kier alpha value is -0.600. The number of hydrogen-bond donors (Lipinski definition) is 1. The first-order valence-electron chi connectivity index (χ1n) is 5.28. The molecule has 84 valence electrons. The van der Waals surface area contributed by atoms with Crippen LogP contribution in [0, 0.1) is 11.7 Å². The van der Waals surface area contributed by atoms with E-state index >= 15 is 0 Å². The Kier molecular flexibility index (Phi) is 5.06. The van der Waals surface area contributed by atoms with Gasteiger partial charge in [-0.25, -0.2) is 4.39 Å². The molecule has 1 aromatic carbocycles. The van der Waals surface area contributed by atoms with Gasteiger partial charge in [-0.1, -0.05) is 31.5 Å². The van der Waals surface area contributed by atoms with Gasteiger partial charge in [0.2, 0.25) is 0 Å². The second-order valence-corrected chi connectivity index (χ2v) is 4.29. The van der Waals surface area contributed by atoms with Crippen LogP contribution < -0.4 is 5.32 Å². The molecule has 0 amide bonds. The summed E-state index contributed by atoms with van der Waals surface area (Å²) in [7, 11) is 0. The number of halogens is 2. The summed E-state index contributed by atoms with van der Waals surface area (Å²) in [6, 6.07) is 4.87. The van der Waals surface area contributed by atoms with Gasteiger partial charge < -0.3 is 5.32 Å². The lowest BCUT2D eigenvalue weighted by Crippen LogP contribution is -2.22. The maximum Gasteiger partial charge on any atom is 0.127 e. The molecule has 1 aromatic rings. The molecule has 0 fully saturated rings. The highest BCUT2D eigenvalue weighted by Crippen LogP contribution is 2.17. The van der Waals surface area contributed by atoms with Crippen LogP contribution in [0.15, 0.2) is 18.2 Å². The molecule has 0 heterocycles. The first kappa shape index (κ1) is 12.5. The van der Waals surface area contributed by atoms with Crippen LogP contribution >= 0.6 is 11.6 Å². The highest BCUT2D eigenvalue weighted by Gasteiger charge is 2.07. The molecular formula is C12H17ClFN. The van der Waals surface area contributed by atoms with Gasteiger partial charge in [0.15, 0.2) is 0 Å². The summed E-state index contributed by atoms with van der Waals surface area (Å²) in [5.41, 5.74) is 0.741. The third-order valence-electron chi connectivity index (χ3n) is 2.33. The van der Waals surface area contributed by atoms with Crippen molar-refractivity contribution in [3.8, 4) is 0 Å². The van der Waals surface area contributed by atoms with E-state index in [4.69, 9.17) is 11.6 Å². The second kappa shape index (κ2) is 6.09. The Morgan fingerprint density at radius 2 is 2.20 bits per heavy atom. The van der Waals surface area contributed by atoms with E-state index in [9.17, 15) is 4.39 Å². The highest BCUT2D eigenvalue weighted by molar-refractivity contribution is 6.30. The fraction of sp³-hybridized carbons (Fsp3) is 0.500. The molecule has 1 rings (SSSR count). The number of rotatable bonds is 5. The predicted octanol–water partition coefficient (Wildman–Crippen LogP) is 3.27. The minimum absolute atomic E-state index is 0.203. The van der Waals surface area contributed by atoms with Gasteiger partial charge in [-0.2, -0.15) is 0 Å². The highest BCUT2D eigenvalue weighted by atomic mass is 35.5. The van der Waals surface area contributed by atoms with Crippen LogP contribution in [0.5, 0.6) is 0 Å². The van der Waals surface area contributed by atoms with Gasteiger partial charge in [-0.3, -0.25) is 0 Å². The summed E-state index contributed by atoms with van der Waals surface area (Å²) in [5, 5.41) is 3.70. The Bertz CT molecular complexity index is 314. The first-order chi connectivity index (χ1) is 7.13. The van der Waals surface area contributed by atoms with Gasteiger partial charge in [0.05, 0.1) is 0 Å². The van der Waals surface area contributed by atoms with Gasteiger partial charge >= 0.3 is 0 Å². The molecule has 0 radical (unpaired) electrons. The van der Waals surface area contributed by atoms with Gasteiger partial charge in [-0.15, -0.1) is 0 Å². The van der Waals surface area contributed by atoms with Gasteiger partial charge in [0.1, 0.15) is 5.82 Å². The van der Waals surface area contributed by atoms with Crippen LogP contribution in [0.25, 0.3) is 0 Å². The largest absolute Gasteiger partial charge is 0.317 e. The molecule has 0 aliphatic heterocycles. The minimum Gasteiger partial charge on any atom is -0.317 e. The summed E-state index contributed by atoms with van der Waals surface area (Å²) in [4.78, 5) is 0. The van der Waals surface area contributed by atoms with Crippen molar-refractivity contribution < 1.29 is 4.39 Å². The fourth-order valence-corrected chi connectivity index (χ4v) is 1.68. The lowest BCUT2D eigenvalue weighted by Gasteiger charge is -2.12. The Morgan fingerprint density at radius 3 is 2.80 bits per heavy atom. The standard InChI is InChI=1S/C12H17ClFN/c1-3-15-8-9(2)6-10-4-5-11(13)7-12(10)14/h4-5,7,9,15H,3,6,8H2,1-2H3. The molecule has 0 saturated heterocycles. The van der Waals surface area contributed by atoms with E-state index in [-0.39, 0.29) is 5.82 Å². The SMILES string of the molecule is CCNCC(C)Cc1ccc(Cl)cc1F. The first-order valence-corrected chi connectivity index (χ1v) is 5.66. The van der Waals surface area contributed by atoms with Gasteiger partial charge in [0, 0.05) is 5.02 Å². The monoisotopic (exact) mass is 229 g/mol. The molecule has 1 N–H and O–H groups in total. The maximum absolute atomic E-state index is 13.4. The molecule has 1 unspecified atom stereocenters. The summed E-state index contributed by atoms with van der Waals surface area (Å²) in [6.07, 6.45) is 0.746. The Balaban J connectivity index is 2.56. The molecule has 0 saturated carbocycles. The molecule has 3 heteroatoms. The molecule has 1 nitrogen and oxygen atoms in total.